The van der Waals surface area contributed by atoms with E-state index in [9.17, 15) is 38.7 Å². The van der Waals surface area contributed by atoms with Crippen LogP contribution in [0.2, 0.25) is 0 Å². The number of benzene rings is 1. The van der Waals surface area contributed by atoms with E-state index >= 15 is 0 Å². The Bertz CT molecular complexity index is 1880. The molecule has 2 bridgehead atoms. The highest BCUT2D eigenvalue weighted by atomic mass is 16.7. The Hall–Kier alpha value is -4.55. The molecular weight excluding hydrogens is 823 g/mol. The lowest BCUT2D eigenvalue weighted by molar-refractivity contribution is -0.220. The summed E-state index contributed by atoms with van der Waals surface area (Å²) in [5.74, 6) is -6.77. The van der Waals surface area contributed by atoms with Crippen LogP contribution in [0.3, 0.4) is 0 Å². The fourth-order valence-corrected chi connectivity index (χ4v) is 10.1. The Morgan fingerprint density at radius 1 is 0.844 bits per heavy atom. The van der Waals surface area contributed by atoms with Gasteiger partial charge in [0.1, 0.15) is 24.2 Å². The summed E-state index contributed by atoms with van der Waals surface area (Å²) in [4.78, 5) is 92.9. The molecule has 354 valence electrons. The topological polar surface area (TPSA) is 256 Å². The molecule has 10 atom stereocenters. The molecule has 2 heterocycles. The predicted octanol–water partition coefficient (Wildman–Crippen LogP) is 2.88. The molecule has 0 spiro atoms. The molecule has 0 radical (unpaired) electrons. The Kier molecular flexibility index (Phi) is 16.7. The summed E-state index contributed by atoms with van der Waals surface area (Å²) in [6.45, 7) is 16.1. The van der Waals surface area contributed by atoms with E-state index in [1.165, 1.54) is 16.0 Å². The average molecular weight is 895 g/mol. The number of carbonyl (C=O) groups is 7. The minimum absolute atomic E-state index is 0.0346. The number of likely N-dealkylation sites (tertiary alicyclic amines) is 1. The van der Waals surface area contributed by atoms with Gasteiger partial charge in [0.15, 0.2) is 0 Å². The van der Waals surface area contributed by atoms with Gasteiger partial charge in [0, 0.05) is 18.4 Å². The number of nitrogens with zero attached hydrogens (tertiary/aromatic N) is 1. The van der Waals surface area contributed by atoms with Crippen LogP contribution >= 0.6 is 0 Å². The fourth-order valence-electron chi connectivity index (χ4n) is 10.1. The SMILES string of the molecule is Cc1ccc(CCCC[C@H](NC(=O)[C@@H]2CCCN2C(=O)[C@@H](NC(=O)[C@@H](NC(=O)[C@H](CCC(=O)O)NC(=O)[C@@H](N)CC(=O)O)C(C)C)C(C)C)B2O[C@@H]3[C@@H](C[C@@H]4C[C@@]3(C)C4(C)C)O2)cc1. The first-order valence-corrected chi connectivity index (χ1v) is 23.1. The van der Waals surface area contributed by atoms with Crippen LogP contribution in [0.5, 0.6) is 0 Å². The smallest absolute Gasteiger partial charge is 0.481 e. The summed E-state index contributed by atoms with van der Waals surface area (Å²) in [6, 6.07) is 2.43. The highest BCUT2D eigenvalue weighted by Crippen LogP contribution is 2.69. The van der Waals surface area contributed by atoms with Crippen LogP contribution in [0.15, 0.2) is 24.3 Å². The van der Waals surface area contributed by atoms with Crippen molar-refractivity contribution in [3.8, 4) is 0 Å². The molecule has 1 aromatic carbocycles. The summed E-state index contributed by atoms with van der Waals surface area (Å²) in [5, 5.41) is 29.3. The van der Waals surface area contributed by atoms with Gasteiger partial charge in [0.05, 0.1) is 30.6 Å². The second-order valence-electron chi connectivity index (χ2n) is 20.1. The van der Waals surface area contributed by atoms with Gasteiger partial charge in [-0.05, 0) is 87.0 Å². The zero-order valence-corrected chi connectivity index (χ0v) is 38.8. The molecular formula is C46H71BN6O11. The van der Waals surface area contributed by atoms with E-state index in [1.54, 1.807) is 27.7 Å². The van der Waals surface area contributed by atoms with E-state index in [0.717, 1.165) is 32.1 Å². The number of nitrogens with two attached hydrogens (primary N) is 1. The summed E-state index contributed by atoms with van der Waals surface area (Å²) in [5.41, 5.74) is 8.21. The maximum atomic E-state index is 14.4. The van der Waals surface area contributed by atoms with E-state index in [2.05, 4.69) is 73.2 Å². The van der Waals surface area contributed by atoms with Crippen molar-refractivity contribution in [2.24, 2.45) is 34.3 Å². The van der Waals surface area contributed by atoms with Crippen LogP contribution in [0.4, 0.5) is 0 Å². The molecule has 8 N–H and O–H groups in total. The van der Waals surface area contributed by atoms with E-state index in [-0.39, 0.29) is 35.4 Å². The van der Waals surface area contributed by atoms with Crippen molar-refractivity contribution in [3.05, 3.63) is 35.4 Å². The zero-order chi connectivity index (χ0) is 47.3. The lowest BCUT2D eigenvalue weighted by Gasteiger charge is -2.67. The van der Waals surface area contributed by atoms with Crippen molar-refractivity contribution in [2.75, 3.05) is 6.54 Å². The summed E-state index contributed by atoms with van der Waals surface area (Å²) in [6.07, 6.45) is 4.49. The minimum atomic E-state index is -1.51. The van der Waals surface area contributed by atoms with Gasteiger partial charge in [-0.2, -0.15) is 0 Å². The fraction of sp³-hybridized carbons (Fsp3) is 0.717. The monoisotopic (exact) mass is 895 g/mol. The average Bonchev–Trinajstić information content (AvgIpc) is 3.90. The molecule has 64 heavy (non-hydrogen) atoms. The van der Waals surface area contributed by atoms with E-state index in [0.29, 0.717) is 31.7 Å². The Morgan fingerprint density at radius 3 is 2.11 bits per heavy atom. The number of rotatable bonds is 22. The largest absolute Gasteiger partial charge is 0.481 e. The molecule has 5 amide bonds. The Balaban J connectivity index is 1.26. The molecule has 2 saturated heterocycles. The van der Waals surface area contributed by atoms with Gasteiger partial charge >= 0.3 is 19.1 Å². The van der Waals surface area contributed by atoms with E-state index in [1.807, 2.05) is 0 Å². The number of carbonyl (C=O) groups excluding carboxylic acids is 5. The normalized spacial score (nSPS) is 25.6. The Morgan fingerprint density at radius 2 is 1.50 bits per heavy atom. The number of carboxylic acid groups (broad SMARTS) is 2. The zero-order valence-electron chi connectivity index (χ0n) is 38.8. The number of hydrogen-bond donors (Lipinski definition) is 7. The van der Waals surface area contributed by atoms with Crippen molar-refractivity contribution in [1.82, 2.24) is 26.2 Å². The standard InChI is InChI=1S/C46H71BN6O11/c1-25(2)37(51-41(59)31(19-20-35(54)55)49-40(58)30(48)23-36(56)57)43(61)52-38(26(3)4)44(62)53-21-11-13-32(53)42(60)50-34(14-10-9-12-28-17-15-27(5)16-18-28)47-63-33-22-29-24-46(8,39(33)64-47)45(29,6)7/h15-18,25-26,29-34,37-39H,9-14,19-24,48H2,1-8H3,(H,49,58)(H,50,60)(H,51,59)(H,52,61)(H,54,55)(H,56,57)/t29-,30+,31+,32+,33-,34+,37+,38+,39-,46-/m1/s1. The molecule has 2 aliphatic heterocycles. The number of hydrogen-bond acceptors (Lipinski definition) is 10. The first kappa shape index (κ1) is 50.5. The van der Waals surface area contributed by atoms with Crippen LogP contribution in [0, 0.1) is 35.5 Å². The second kappa shape index (κ2) is 21.2. The van der Waals surface area contributed by atoms with Crippen LogP contribution in [-0.4, -0.2) is 119 Å². The molecule has 0 aromatic heterocycles. The molecule has 5 fully saturated rings. The van der Waals surface area contributed by atoms with Crippen molar-refractivity contribution in [1.29, 1.82) is 0 Å². The van der Waals surface area contributed by atoms with Crippen molar-refractivity contribution in [2.45, 2.75) is 174 Å². The third-order valence-corrected chi connectivity index (χ3v) is 14.6. The molecule has 6 rings (SSSR count). The Labute approximate surface area is 377 Å². The third kappa shape index (κ3) is 11.6. The quantitative estimate of drug-likeness (QED) is 0.0656. The summed E-state index contributed by atoms with van der Waals surface area (Å²) in [7, 11) is -0.639. The number of nitrogens with one attached hydrogen (secondary N) is 4. The highest BCUT2D eigenvalue weighted by molar-refractivity contribution is 6.47. The molecule has 0 unspecified atom stereocenters. The first-order chi connectivity index (χ1) is 30.0. The number of aryl methyl sites for hydroxylation is 2. The number of amides is 5. The maximum absolute atomic E-state index is 14.4. The molecule has 18 heteroatoms. The van der Waals surface area contributed by atoms with Crippen LogP contribution < -0.4 is 27.0 Å². The first-order valence-electron chi connectivity index (χ1n) is 23.1. The summed E-state index contributed by atoms with van der Waals surface area (Å²) >= 11 is 0. The molecule has 3 saturated carbocycles. The number of aliphatic carboxylic acids is 2. The molecule has 5 aliphatic rings. The second-order valence-corrected chi connectivity index (χ2v) is 20.1. The lowest BCUT2D eigenvalue weighted by Crippen LogP contribution is -2.66. The van der Waals surface area contributed by atoms with E-state index in [4.69, 9.17) is 20.1 Å². The van der Waals surface area contributed by atoms with Crippen LogP contribution in [0.25, 0.3) is 0 Å². The predicted molar refractivity (Wildman–Crippen MR) is 238 cm³/mol. The highest BCUT2D eigenvalue weighted by Gasteiger charge is 2.69. The van der Waals surface area contributed by atoms with Gasteiger partial charge < -0.3 is 51.4 Å². The number of carboxylic acids is 2. The summed E-state index contributed by atoms with van der Waals surface area (Å²) < 4.78 is 13.4. The van der Waals surface area contributed by atoms with Gasteiger partial charge in [-0.3, -0.25) is 33.6 Å². The van der Waals surface area contributed by atoms with Gasteiger partial charge in [-0.25, -0.2) is 0 Å². The van der Waals surface area contributed by atoms with Crippen molar-refractivity contribution < 1.29 is 53.1 Å². The number of unbranched alkanes of at least 4 members (excludes halogenated alkanes) is 1. The van der Waals surface area contributed by atoms with Crippen molar-refractivity contribution >= 4 is 48.6 Å². The minimum Gasteiger partial charge on any atom is -0.481 e. The lowest BCUT2D eigenvalue weighted by atomic mass is 9.39. The van der Waals surface area contributed by atoms with E-state index < -0.39 is 104 Å². The molecule has 3 aliphatic carbocycles. The van der Waals surface area contributed by atoms with Crippen LogP contribution in [0.1, 0.15) is 124 Å². The molecule has 17 nitrogen and oxygen atoms in total. The van der Waals surface area contributed by atoms with Gasteiger partial charge in [-0.15, -0.1) is 0 Å². The molecule has 1 aromatic rings. The third-order valence-electron chi connectivity index (χ3n) is 14.6. The van der Waals surface area contributed by atoms with Gasteiger partial charge in [-0.1, -0.05) is 84.7 Å². The van der Waals surface area contributed by atoms with Gasteiger partial charge in [0.25, 0.3) is 0 Å². The van der Waals surface area contributed by atoms with Gasteiger partial charge in [0.2, 0.25) is 29.5 Å². The van der Waals surface area contributed by atoms with Crippen molar-refractivity contribution in [3.63, 3.8) is 0 Å². The van der Waals surface area contributed by atoms with Crippen LogP contribution in [-0.2, 0) is 49.3 Å². The maximum Gasteiger partial charge on any atom is 0.481 e.